The lowest BCUT2D eigenvalue weighted by Crippen LogP contribution is -2.42. The van der Waals surface area contributed by atoms with Crippen LogP contribution < -0.4 is 0 Å². The van der Waals surface area contributed by atoms with Gasteiger partial charge in [-0.05, 0) is 31.9 Å². The van der Waals surface area contributed by atoms with Crippen LogP contribution in [-0.2, 0) is 26.9 Å². The molecule has 5 nitrogen and oxygen atoms in total. The molecule has 4 rings (SSSR count). The maximum Gasteiger partial charge on any atom is 0.242 e. The van der Waals surface area contributed by atoms with Crippen LogP contribution in [-0.4, -0.2) is 36.4 Å². The molecule has 0 saturated heterocycles. The van der Waals surface area contributed by atoms with Crippen LogP contribution >= 0.6 is 0 Å². The first-order chi connectivity index (χ1) is 15.4. The molecule has 0 unspecified atom stereocenters. The summed E-state index contributed by atoms with van der Waals surface area (Å²) in [4.78, 5) is 15.2. The average Bonchev–Trinajstić information content (AvgIpc) is 3.16. The maximum absolute atomic E-state index is 14.1. The van der Waals surface area contributed by atoms with E-state index >= 15 is 0 Å². The van der Waals surface area contributed by atoms with Crippen molar-refractivity contribution in [2.24, 2.45) is 0 Å². The second-order valence-electron chi connectivity index (χ2n) is 8.46. The lowest BCUT2D eigenvalue weighted by Gasteiger charge is -2.33. The Morgan fingerprint density at radius 2 is 1.75 bits per heavy atom. The van der Waals surface area contributed by atoms with Gasteiger partial charge >= 0.3 is 0 Å². The molecule has 1 amide bonds. The molecule has 1 saturated carbocycles. The number of sulfone groups is 1. The number of rotatable bonds is 7. The van der Waals surface area contributed by atoms with Crippen molar-refractivity contribution in [3.63, 3.8) is 0 Å². The predicted octanol–water partition coefficient (Wildman–Crippen LogP) is 4.94. The van der Waals surface area contributed by atoms with Gasteiger partial charge in [-0.2, -0.15) is 0 Å². The molecule has 1 aromatic heterocycles. The van der Waals surface area contributed by atoms with E-state index in [2.05, 4.69) is 0 Å². The normalized spacial score (nSPS) is 15.2. The quantitative estimate of drug-likeness (QED) is 0.506. The van der Waals surface area contributed by atoms with Crippen LogP contribution in [0, 0.1) is 5.82 Å². The minimum atomic E-state index is -3.81. The Morgan fingerprint density at radius 3 is 2.47 bits per heavy atom. The number of fused-ring (bicyclic) bond motifs is 1. The van der Waals surface area contributed by atoms with Gasteiger partial charge in [0.2, 0.25) is 5.91 Å². The lowest BCUT2D eigenvalue weighted by molar-refractivity contribution is -0.134. The highest BCUT2D eigenvalue weighted by molar-refractivity contribution is 7.90. The van der Waals surface area contributed by atoms with Gasteiger partial charge in [-0.15, -0.1) is 0 Å². The third-order valence-electron chi connectivity index (χ3n) is 6.37. The van der Waals surface area contributed by atoms with Crippen molar-refractivity contribution in [3.05, 3.63) is 66.1 Å². The molecule has 1 aliphatic rings. The van der Waals surface area contributed by atoms with Gasteiger partial charge in [0.1, 0.15) is 12.4 Å². The molecule has 0 bridgehead atoms. The highest BCUT2D eigenvalue weighted by atomic mass is 32.2. The third-order valence-corrected chi connectivity index (χ3v) is 8.06. The van der Waals surface area contributed by atoms with Crippen LogP contribution in [0.25, 0.3) is 10.9 Å². The van der Waals surface area contributed by atoms with Crippen molar-refractivity contribution < 1.29 is 17.6 Å². The van der Waals surface area contributed by atoms with E-state index in [-0.39, 0.29) is 29.0 Å². The van der Waals surface area contributed by atoms with Gasteiger partial charge in [0, 0.05) is 35.2 Å². The topological polar surface area (TPSA) is 59.4 Å². The summed E-state index contributed by atoms with van der Waals surface area (Å²) in [5, 5.41) is 0.553. The summed E-state index contributed by atoms with van der Waals surface area (Å²) < 4.78 is 42.3. The highest BCUT2D eigenvalue weighted by Gasteiger charge is 2.27. The number of likely N-dealkylation sites (N-methyl/N-ethyl adjacent to an activating group) is 1. The maximum atomic E-state index is 14.1. The molecule has 1 aliphatic carbocycles. The van der Waals surface area contributed by atoms with Gasteiger partial charge in [0.05, 0.1) is 10.6 Å². The zero-order chi connectivity index (χ0) is 22.7. The summed E-state index contributed by atoms with van der Waals surface area (Å²) in [5.74, 6) is -0.968. The van der Waals surface area contributed by atoms with E-state index in [4.69, 9.17) is 0 Å². The SMILES string of the molecule is CCN(C(=O)Cn1cc(S(=O)(=O)Cc2ccccc2F)c2ccccc21)C1CCCCC1. The van der Waals surface area contributed by atoms with Gasteiger partial charge in [-0.25, -0.2) is 12.8 Å². The number of carbonyl (C=O) groups is 1. The van der Waals surface area contributed by atoms with Crippen molar-refractivity contribution >= 4 is 26.6 Å². The number of amides is 1. The number of hydrogen-bond acceptors (Lipinski definition) is 3. The first kappa shape index (κ1) is 22.5. The Hall–Kier alpha value is -2.67. The Morgan fingerprint density at radius 1 is 1.06 bits per heavy atom. The zero-order valence-corrected chi connectivity index (χ0v) is 19.2. The van der Waals surface area contributed by atoms with Gasteiger partial charge in [0.25, 0.3) is 0 Å². The van der Waals surface area contributed by atoms with Gasteiger partial charge in [-0.3, -0.25) is 4.79 Å². The minimum absolute atomic E-state index is 0.00166. The summed E-state index contributed by atoms with van der Waals surface area (Å²) in [5.41, 5.74) is 0.822. The number of hydrogen-bond donors (Lipinski definition) is 0. The zero-order valence-electron chi connectivity index (χ0n) is 18.3. The Labute approximate surface area is 188 Å². The van der Waals surface area contributed by atoms with Crippen molar-refractivity contribution in [1.29, 1.82) is 0 Å². The number of carbonyl (C=O) groups excluding carboxylic acids is 1. The van der Waals surface area contributed by atoms with E-state index in [1.165, 1.54) is 30.8 Å². The second kappa shape index (κ2) is 9.45. The van der Waals surface area contributed by atoms with E-state index in [1.54, 1.807) is 22.8 Å². The summed E-state index contributed by atoms with van der Waals surface area (Å²) in [7, 11) is -3.81. The molecule has 2 aromatic carbocycles. The highest BCUT2D eigenvalue weighted by Crippen LogP contribution is 2.29. The molecular weight excluding hydrogens is 427 g/mol. The molecule has 0 radical (unpaired) electrons. The van der Waals surface area contributed by atoms with E-state index in [1.807, 2.05) is 24.0 Å². The van der Waals surface area contributed by atoms with Crippen LogP contribution in [0.4, 0.5) is 4.39 Å². The summed E-state index contributed by atoms with van der Waals surface area (Å²) in [6, 6.07) is 13.3. The molecule has 170 valence electrons. The molecule has 0 spiro atoms. The summed E-state index contributed by atoms with van der Waals surface area (Å²) in [6.45, 7) is 2.71. The number of aromatic nitrogens is 1. The Bertz CT molecular complexity index is 1210. The molecule has 0 N–H and O–H groups in total. The monoisotopic (exact) mass is 456 g/mol. The molecule has 3 aromatic rings. The molecule has 0 aliphatic heterocycles. The first-order valence-electron chi connectivity index (χ1n) is 11.2. The van der Waals surface area contributed by atoms with Crippen LogP contribution in [0.3, 0.4) is 0 Å². The number of halogens is 1. The molecule has 32 heavy (non-hydrogen) atoms. The molecular formula is C25H29FN2O3S. The smallest absolute Gasteiger partial charge is 0.242 e. The number of nitrogens with zero attached hydrogens (tertiary/aromatic N) is 2. The van der Waals surface area contributed by atoms with Crippen LogP contribution in [0.1, 0.15) is 44.6 Å². The fourth-order valence-corrected chi connectivity index (χ4v) is 6.35. The second-order valence-corrected chi connectivity index (χ2v) is 10.4. The predicted molar refractivity (Wildman–Crippen MR) is 123 cm³/mol. The summed E-state index contributed by atoms with van der Waals surface area (Å²) >= 11 is 0. The van der Waals surface area contributed by atoms with Crippen molar-refractivity contribution in [3.8, 4) is 0 Å². The number of para-hydroxylation sites is 1. The van der Waals surface area contributed by atoms with Gasteiger partial charge < -0.3 is 9.47 Å². The third kappa shape index (κ3) is 4.58. The van der Waals surface area contributed by atoms with Gasteiger partial charge in [-0.1, -0.05) is 55.7 Å². The van der Waals surface area contributed by atoms with E-state index in [0.29, 0.717) is 17.4 Å². The fourth-order valence-electron chi connectivity index (χ4n) is 4.76. The lowest BCUT2D eigenvalue weighted by atomic mass is 9.94. The van der Waals surface area contributed by atoms with Crippen molar-refractivity contribution in [2.45, 2.75) is 62.3 Å². The van der Waals surface area contributed by atoms with E-state index < -0.39 is 21.4 Å². The summed E-state index contributed by atoms with van der Waals surface area (Å²) in [6.07, 6.45) is 7.07. The van der Waals surface area contributed by atoms with Crippen molar-refractivity contribution in [2.75, 3.05) is 6.54 Å². The molecule has 1 heterocycles. The Kier molecular flexibility index (Phi) is 6.65. The molecule has 1 fully saturated rings. The first-order valence-corrected chi connectivity index (χ1v) is 12.9. The van der Waals surface area contributed by atoms with Crippen LogP contribution in [0.2, 0.25) is 0 Å². The average molecular weight is 457 g/mol. The van der Waals surface area contributed by atoms with E-state index in [9.17, 15) is 17.6 Å². The molecule has 0 atom stereocenters. The minimum Gasteiger partial charge on any atom is -0.338 e. The van der Waals surface area contributed by atoms with Crippen LogP contribution in [0.15, 0.2) is 59.6 Å². The van der Waals surface area contributed by atoms with Crippen LogP contribution in [0.5, 0.6) is 0 Å². The fraction of sp³-hybridized carbons (Fsp3) is 0.400. The largest absolute Gasteiger partial charge is 0.338 e. The Balaban J connectivity index is 1.65. The van der Waals surface area contributed by atoms with Gasteiger partial charge in [0.15, 0.2) is 9.84 Å². The van der Waals surface area contributed by atoms with E-state index in [0.717, 1.165) is 25.7 Å². The number of benzene rings is 2. The standard InChI is InChI=1S/C25H29FN2O3S/c1-2-28(20-11-4-3-5-12-20)25(29)17-27-16-24(21-13-7-9-15-23(21)27)32(30,31)18-19-10-6-8-14-22(19)26/h6-10,13-16,20H,2-5,11-12,17-18H2,1H3. The molecule has 7 heteroatoms. The van der Waals surface area contributed by atoms with Crippen molar-refractivity contribution in [1.82, 2.24) is 9.47 Å².